The molecule has 13 heteroatoms. The van der Waals surface area contributed by atoms with Crippen LogP contribution in [0.2, 0.25) is 0 Å². The predicted molar refractivity (Wildman–Crippen MR) is 175 cm³/mol. The molecule has 5 rings (SSSR count). The summed E-state index contributed by atoms with van der Waals surface area (Å²) in [5.41, 5.74) is 0.340. The number of rotatable bonds is 11. The molecule has 2 amide bonds. The van der Waals surface area contributed by atoms with E-state index in [0.717, 1.165) is 16.7 Å². The van der Waals surface area contributed by atoms with Gasteiger partial charge in [0.25, 0.3) is 5.56 Å². The van der Waals surface area contributed by atoms with Crippen LogP contribution < -0.4 is 21.9 Å². The Morgan fingerprint density at radius 1 is 1.00 bits per heavy atom. The number of phenolic OH excluding ortho intramolecular Hbond substituents is 1. The van der Waals surface area contributed by atoms with E-state index < -0.39 is 29.4 Å². The molecule has 0 saturated carbocycles. The summed E-state index contributed by atoms with van der Waals surface area (Å²) in [5.74, 6) is -1.71. The molecule has 0 bridgehead atoms. The summed E-state index contributed by atoms with van der Waals surface area (Å²) in [5, 5.41) is 15.5. The number of hydrogen-bond donors (Lipinski definition) is 3. The van der Waals surface area contributed by atoms with Crippen LogP contribution >= 0.6 is 11.3 Å². The van der Waals surface area contributed by atoms with Crippen molar-refractivity contribution in [1.29, 1.82) is 0 Å². The van der Waals surface area contributed by atoms with Crippen LogP contribution in [0, 0.1) is 11.6 Å². The number of halogens is 2. The van der Waals surface area contributed by atoms with E-state index in [0.29, 0.717) is 41.4 Å². The second-order valence-corrected chi connectivity index (χ2v) is 11.6. The Bertz CT molecular complexity index is 1970. The van der Waals surface area contributed by atoms with Gasteiger partial charge in [0.2, 0.25) is 0 Å². The molecule has 10 nitrogen and oxygen atoms in total. The number of likely N-dealkylation sites (N-methyl/N-ethyl adjacent to an activating group) is 1. The van der Waals surface area contributed by atoms with Gasteiger partial charge in [-0.05, 0) is 73.6 Å². The maximum absolute atomic E-state index is 14.9. The van der Waals surface area contributed by atoms with E-state index in [9.17, 15) is 28.3 Å². The van der Waals surface area contributed by atoms with Crippen LogP contribution in [0.25, 0.3) is 26.3 Å². The molecule has 0 radical (unpaired) electrons. The molecular weight excluding hydrogens is 616 g/mol. The number of benzene rings is 3. The van der Waals surface area contributed by atoms with Gasteiger partial charge < -0.3 is 20.5 Å². The number of aromatic hydroxyl groups is 1. The highest BCUT2D eigenvalue weighted by Gasteiger charge is 2.25. The summed E-state index contributed by atoms with van der Waals surface area (Å²) in [7, 11) is 3.46. The minimum atomic E-state index is -0.825. The van der Waals surface area contributed by atoms with Crippen LogP contribution in [0.4, 0.5) is 19.3 Å². The lowest BCUT2D eigenvalue weighted by molar-refractivity contribution is 0.159. The Morgan fingerprint density at radius 3 is 2.30 bits per heavy atom. The zero-order valence-electron chi connectivity index (χ0n) is 25.5. The summed E-state index contributed by atoms with van der Waals surface area (Å²) < 4.78 is 37.3. The van der Waals surface area contributed by atoms with Crippen LogP contribution in [-0.4, -0.2) is 59.0 Å². The number of hydrogen-bond acceptors (Lipinski definition) is 7. The molecule has 2 heterocycles. The van der Waals surface area contributed by atoms with E-state index in [1.54, 1.807) is 31.4 Å². The second-order valence-electron chi connectivity index (χ2n) is 10.6. The quantitative estimate of drug-likeness (QED) is 0.183. The molecule has 0 aliphatic carbocycles. The highest BCUT2D eigenvalue weighted by Crippen LogP contribution is 2.38. The lowest BCUT2D eigenvalue weighted by Crippen LogP contribution is -2.39. The van der Waals surface area contributed by atoms with Crippen molar-refractivity contribution in [2.75, 3.05) is 39.2 Å². The number of urea groups is 1. The lowest BCUT2D eigenvalue weighted by atomic mass is 10.1. The zero-order chi connectivity index (χ0) is 33.0. The molecule has 3 aromatic carbocycles. The molecule has 0 aliphatic heterocycles. The first-order valence-electron chi connectivity index (χ1n) is 14.5. The lowest BCUT2D eigenvalue weighted by Gasteiger charge is -2.18. The molecule has 3 N–H and O–H groups in total. The summed E-state index contributed by atoms with van der Waals surface area (Å²) in [4.78, 5) is 43.3. The normalized spacial score (nSPS) is 11.3. The third-order valence-electron chi connectivity index (χ3n) is 7.41. The molecule has 0 saturated heterocycles. The Balaban J connectivity index is 1.79. The first-order chi connectivity index (χ1) is 22.1. The third-order valence-corrected chi connectivity index (χ3v) is 8.71. The molecule has 46 heavy (non-hydrogen) atoms. The monoisotopic (exact) mass is 649 g/mol. The number of ether oxygens (including phenoxy) is 1. The maximum atomic E-state index is 14.9. The fraction of sp³-hybridized carbons (Fsp3) is 0.242. The van der Waals surface area contributed by atoms with Crippen LogP contribution in [-0.2, 0) is 17.8 Å². The minimum absolute atomic E-state index is 0.0602. The van der Waals surface area contributed by atoms with Crippen molar-refractivity contribution in [1.82, 2.24) is 19.4 Å². The van der Waals surface area contributed by atoms with Crippen LogP contribution in [0.1, 0.15) is 18.1 Å². The smallest absolute Gasteiger partial charge is 0.337 e. The molecule has 0 spiro atoms. The summed E-state index contributed by atoms with van der Waals surface area (Å²) in [6.45, 7) is 3.06. The number of thiophene rings is 1. The molecule has 0 atom stereocenters. The van der Waals surface area contributed by atoms with Crippen molar-refractivity contribution in [3.05, 3.63) is 110 Å². The number of carbonyl (C=O) groups is 1. The molecule has 240 valence electrons. The SMILES string of the molecule is CCNC(=O)Nc1ccc(-c2sc3c(c2CN(C)CCOC)c(=O)n(-c2ccc(O)cc2)c(=O)n3Cc2c(F)cccc2F)cc1. The van der Waals surface area contributed by atoms with Crippen molar-refractivity contribution in [2.45, 2.75) is 20.0 Å². The van der Waals surface area contributed by atoms with E-state index in [1.165, 1.54) is 46.2 Å². The van der Waals surface area contributed by atoms with Crippen molar-refractivity contribution in [2.24, 2.45) is 0 Å². The van der Waals surface area contributed by atoms with E-state index in [-0.39, 0.29) is 39.8 Å². The number of anilines is 1. The van der Waals surface area contributed by atoms with Gasteiger partial charge in [0.1, 0.15) is 22.2 Å². The van der Waals surface area contributed by atoms with Gasteiger partial charge in [0, 0.05) is 42.9 Å². The Labute approximate surface area is 267 Å². The average molecular weight is 650 g/mol. The number of amides is 2. The van der Waals surface area contributed by atoms with Crippen molar-refractivity contribution >= 4 is 33.3 Å². The largest absolute Gasteiger partial charge is 0.508 e. The maximum Gasteiger partial charge on any atom is 0.337 e. The molecular formula is C33H33F2N5O5S. The minimum Gasteiger partial charge on any atom is -0.508 e. The van der Waals surface area contributed by atoms with E-state index in [2.05, 4.69) is 10.6 Å². The molecule has 5 aromatic rings. The van der Waals surface area contributed by atoms with E-state index in [4.69, 9.17) is 4.74 Å². The van der Waals surface area contributed by atoms with Crippen molar-refractivity contribution in [3.63, 3.8) is 0 Å². The average Bonchev–Trinajstić information content (AvgIpc) is 3.39. The summed E-state index contributed by atoms with van der Waals surface area (Å²) in [6.07, 6.45) is 0. The fourth-order valence-electron chi connectivity index (χ4n) is 5.10. The van der Waals surface area contributed by atoms with Gasteiger partial charge in [-0.15, -0.1) is 11.3 Å². The predicted octanol–water partition coefficient (Wildman–Crippen LogP) is 5.13. The summed E-state index contributed by atoms with van der Waals surface area (Å²) >= 11 is 1.17. The highest BCUT2D eigenvalue weighted by molar-refractivity contribution is 7.22. The first kappa shape index (κ1) is 32.5. The fourth-order valence-corrected chi connectivity index (χ4v) is 6.40. The number of carbonyl (C=O) groups excluding carboxylic acids is 1. The third kappa shape index (κ3) is 6.71. The topological polar surface area (TPSA) is 118 Å². The first-order valence-corrected chi connectivity index (χ1v) is 15.3. The number of methoxy groups -OCH3 is 1. The number of nitrogens with zero attached hydrogens (tertiary/aromatic N) is 3. The van der Waals surface area contributed by atoms with Gasteiger partial charge in [-0.1, -0.05) is 18.2 Å². The summed E-state index contributed by atoms with van der Waals surface area (Å²) in [6, 6.07) is 15.7. The van der Waals surface area contributed by atoms with E-state index >= 15 is 0 Å². The Hall–Kier alpha value is -4.85. The molecule has 2 aromatic heterocycles. The van der Waals surface area contributed by atoms with Gasteiger partial charge in [-0.3, -0.25) is 14.3 Å². The molecule has 0 unspecified atom stereocenters. The van der Waals surface area contributed by atoms with Gasteiger partial charge >= 0.3 is 11.7 Å². The van der Waals surface area contributed by atoms with Crippen LogP contribution in [0.15, 0.2) is 76.3 Å². The van der Waals surface area contributed by atoms with Gasteiger partial charge in [-0.25, -0.2) is 22.9 Å². The van der Waals surface area contributed by atoms with Crippen molar-refractivity contribution < 1.29 is 23.4 Å². The Kier molecular flexibility index (Phi) is 9.95. The van der Waals surface area contributed by atoms with Gasteiger partial charge in [-0.2, -0.15) is 0 Å². The molecule has 0 aliphatic rings. The number of phenols is 1. The number of nitrogens with one attached hydrogen (secondary N) is 2. The van der Waals surface area contributed by atoms with Gasteiger partial charge in [0.15, 0.2) is 0 Å². The van der Waals surface area contributed by atoms with E-state index in [1.807, 2.05) is 18.9 Å². The van der Waals surface area contributed by atoms with Gasteiger partial charge in [0.05, 0.1) is 24.2 Å². The number of aromatic nitrogens is 2. The highest BCUT2D eigenvalue weighted by atomic mass is 32.1. The molecule has 0 fully saturated rings. The van der Waals surface area contributed by atoms with Crippen molar-refractivity contribution in [3.8, 4) is 21.9 Å². The zero-order valence-corrected chi connectivity index (χ0v) is 26.3. The van der Waals surface area contributed by atoms with Crippen LogP contribution in [0.3, 0.4) is 0 Å². The second kappa shape index (κ2) is 14.1. The standard InChI is InChI=1S/C33H33F2N5O5S/c1-4-36-32(43)37-21-10-8-20(9-11-21)29-25(18-38(2)16-17-45-3)28-30(42)40(22-12-14-23(41)15-13-22)33(44)39(31(28)46-29)19-24-26(34)6-5-7-27(24)35/h5-15,41H,4,16-19H2,1-3H3,(H2,36,37,43). The number of fused-ring (bicyclic) bond motifs is 1. The Morgan fingerprint density at radius 2 is 1.67 bits per heavy atom. The van der Waals surface area contributed by atoms with Crippen LogP contribution in [0.5, 0.6) is 5.75 Å².